The zero-order valence-corrected chi connectivity index (χ0v) is 17.7. The summed E-state index contributed by atoms with van der Waals surface area (Å²) >= 11 is 5.91. The van der Waals surface area contributed by atoms with Crippen molar-refractivity contribution >= 4 is 17.6 Å². The fraction of sp³-hybridized carbons (Fsp3) is 0.435. The van der Waals surface area contributed by atoms with Crippen LogP contribution in [0.1, 0.15) is 19.3 Å². The summed E-state index contributed by atoms with van der Waals surface area (Å²) in [6.07, 6.45) is 9.36. The van der Waals surface area contributed by atoms with Gasteiger partial charge in [-0.3, -0.25) is 4.79 Å². The van der Waals surface area contributed by atoms with Gasteiger partial charge in [-0.1, -0.05) is 54.1 Å². The third-order valence-corrected chi connectivity index (χ3v) is 5.23. The van der Waals surface area contributed by atoms with Crippen molar-refractivity contribution in [1.29, 1.82) is 0 Å². The second-order valence-electron chi connectivity index (χ2n) is 7.20. The van der Waals surface area contributed by atoms with Gasteiger partial charge in [-0.05, 0) is 30.5 Å². The Morgan fingerprint density at radius 1 is 1.27 bits per heavy atom. The van der Waals surface area contributed by atoms with Gasteiger partial charge in [0, 0.05) is 17.4 Å². The SMILES string of the molecule is COC(=O)C/C=C\C=C/C[C@@H]1[C@@H](/C=C/[C@@H](O)COc2cccc(Cl)c2)[C@H](O)C[C@@H]1O. The van der Waals surface area contributed by atoms with Gasteiger partial charge in [-0.15, -0.1) is 0 Å². The highest BCUT2D eigenvalue weighted by atomic mass is 35.5. The van der Waals surface area contributed by atoms with Crippen LogP contribution in [0, 0.1) is 11.8 Å². The van der Waals surface area contributed by atoms with Gasteiger partial charge in [-0.2, -0.15) is 0 Å². The molecule has 2 rings (SSSR count). The molecular formula is C23H29ClO6. The Morgan fingerprint density at radius 2 is 2.03 bits per heavy atom. The van der Waals surface area contributed by atoms with E-state index in [1.165, 1.54) is 7.11 Å². The first-order chi connectivity index (χ1) is 14.4. The van der Waals surface area contributed by atoms with Crippen LogP contribution in [-0.2, 0) is 9.53 Å². The number of esters is 1. The first kappa shape index (κ1) is 24.2. The average molecular weight is 437 g/mol. The van der Waals surface area contributed by atoms with Gasteiger partial charge in [0.25, 0.3) is 0 Å². The Hall–Kier alpha value is -2.12. The number of ether oxygens (including phenoxy) is 2. The molecule has 0 aromatic heterocycles. The summed E-state index contributed by atoms with van der Waals surface area (Å²) in [6.45, 7) is 0.0533. The summed E-state index contributed by atoms with van der Waals surface area (Å²) in [6, 6.07) is 6.92. The Bertz CT molecular complexity index is 760. The first-order valence-electron chi connectivity index (χ1n) is 9.90. The quantitative estimate of drug-likeness (QED) is 0.296. The van der Waals surface area contributed by atoms with E-state index < -0.39 is 18.3 Å². The molecule has 0 bridgehead atoms. The summed E-state index contributed by atoms with van der Waals surface area (Å²) in [5.74, 6) is -0.182. The van der Waals surface area contributed by atoms with Gasteiger partial charge in [0.15, 0.2) is 0 Å². The maximum Gasteiger partial charge on any atom is 0.309 e. The van der Waals surface area contributed by atoms with Crippen LogP contribution in [0.4, 0.5) is 0 Å². The highest BCUT2D eigenvalue weighted by Crippen LogP contribution is 2.36. The van der Waals surface area contributed by atoms with E-state index in [2.05, 4.69) is 4.74 Å². The number of allylic oxidation sites excluding steroid dienone is 3. The summed E-state index contributed by atoms with van der Waals surface area (Å²) in [5, 5.41) is 31.3. The molecule has 0 radical (unpaired) electrons. The van der Waals surface area contributed by atoms with Crippen molar-refractivity contribution in [1.82, 2.24) is 0 Å². The van der Waals surface area contributed by atoms with Gasteiger partial charge in [0.05, 0.1) is 25.7 Å². The fourth-order valence-electron chi connectivity index (χ4n) is 3.40. The van der Waals surface area contributed by atoms with E-state index in [0.29, 0.717) is 23.6 Å². The molecule has 0 amide bonds. The first-order valence-corrected chi connectivity index (χ1v) is 10.3. The Labute approximate surface area is 182 Å². The van der Waals surface area contributed by atoms with Crippen LogP contribution < -0.4 is 4.74 Å². The minimum Gasteiger partial charge on any atom is -0.491 e. The molecule has 1 aliphatic rings. The second kappa shape index (κ2) is 12.5. The molecule has 1 saturated carbocycles. The van der Waals surface area contributed by atoms with E-state index in [1.807, 2.05) is 6.08 Å². The highest BCUT2D eigenvalue weighted by molar-refractivity contribution is 6.30. The topological polar surface area (TPSA) is 96.2 Å². The van der Waals surface area contributed by atoms with Crippen molar-refractivity contribution in [3.05, 3.63) is 65.7 Å². The molecule has 1 aromatic carbocycles. The molecule has 0 unspecified atom stereocenters. The van der Waals surface area contributed by atoms with E-state index in [4.69, 9.17) is 16.3 Å². The lowest BCUT2D eigenvalue weighted by atomic mass is 9.90. The number of halogens is 1. The van der Waals surface area contributed by atoms with Crippen molar-refractivity contribution in [2.24, 2.45) is 11.8 Å². The Kier molecular flexibility index (Phi) is 10.1. The van der Waals surface area contributed by atoms with Crippen molar-refractivity contribution in [3.63, 3.8) is 0 Å². The number of benzene rings is 1. The number of hydrogen-bond donors (Lipinski definition) is 3. The van der Waals surface area contributed by atoms with E-state index in [0.717, 1.165) is 0 Å². The van der Waals surface area contributed by atoms with Gasteiger partial charge < -0.3 is 24.8 Å². The molecule has 0 spiro atoms. The molecule has 30 heavy (non-hydrogen) atoms. The molecule has 0 saturated heterocycles. The predicted octanol–water partition coefficient (Wildman–Crippen LogP) is 3.06. The van der Waals surface area contributed by atoms with Crippen molar-refractivity contribution < 1.29 is 29.6 Å². The number of aliphatic hydroxyl groups excluding tert-OH is 3. The maximum absolute atomic E-state index is 11.0. The van der Waals surface area contributed by atoms with Crippen LogP contribution >= 0.6 is 11.6 Å². The second-order valence-corrected chi connectivity index (χ2v) is 7.64. The number of aliphatic hydroxyl groups is 3. The van der Waals surface area contributed by atoms with E-state index in [1.54, 1.807) is 54.6 Å². The monoisotopic (exact) mass is 436 g/mol. The molecule has 164 valence electrons. The standard InChI is InChI=1S/C23H29ClO6/c1-29-23(28)10-5-3-2-4-9-19-20(22(27)14-21(19)26)12-11-17(25)15-30-18-8-6-7-16(24)13-18/h2-8,11-13,17,19-22,25-27H,9-10,14-15H2,1H3/b4-2-,5-3-,12-11+/t17-,19-,20-,21+,22-/m1/s1. The normalized spacial score (nSPS) is 25.4. The number of rotatable bonds is 10. The molecule has 6 nitrogen and oxygen atoms in total. The number of carbonyl (C=O) groups excluding carboxylic acids is 1. The average Bonchev–Trinajstić information content (AvgIpc) is 2.99. The van der Waals surface area contributed by atoms with Crippen LogP contribution in [0.25, 0.3) is 0 Å². The molecule has 5 atom stereocenters. The molecule has 1 aromatic rings. The molecule has 0 aliphatic heterocycles. The van der Waals surface area contributed by atoms with Gasteiger partial charge in [0.2, 0.25) is 0 Å². The third kappa shape index (κ3) is 7.95. The van der Waals surface area contributed by atoms with Crippen molar-refractivity contribution in [2.45, 2.75) is 37.6 Å². The fourth-order valence-corrected chi connectivity index (χ4v) is 3.58. The Balaban J connectivity index is 1.86. The minimum absolute atomic E-state index is 0.0533. The molecular weight excluding hydrogens is 408 g/mol. The lowest BCUT2D eigenvalue weighted by Crippen LogP contribution is -2.21. The van der Waals surface area contributed by atoms with Gasteiger partial charge >= 0.3 is 5.97 Å². The molecule has 1 aliphatic carbocycles. The van der Waals surface area contributed by atoms with E-state index in [-0.39, 0.29) is 30.8 Å². The molecule has 7 heteroatoms. The smallest absolute Gasteiger partial charge is 0.309 e. The van der Waals surface area contributed by atoms with Crippen LogP contribution in [0.3, 0.4) is 0 Å². The number of carbonyl (C=O) groups is 1. The third-order valence-electron chi connectivity index (χ3n) is 4.99. The molecule has 0 heterocycles. The summed E-state index contributed by atoms with van der Waals surface area (Å²) < 4.78 is 10.1. The zero-order valence-electron chi connectivity index (χ0n) is 16.9. The minimum atomic E-state index is -0.855. The lowest BCUT2D eigenvalue weighted by molar-refractivity contribution is -0.139. The van der Waals surface area contributed by atoms with Crippen LogP contribution in [0.15, 0.2) is 60.7 Å². The van der Waals surface area contributed by atoms with Crippen molar-refractivity contribution in [2.75, 3.05) is 13.7 Å². The lowest BCUT2D eigenvalue weighted by Gasteiger charge is -2.19. The van der Waals surface area contributed by atoms with E-state index in [9.17, 15) is 20.1 Å². The summed E-state index contributed by atoms with van der Waals surface area (Å²) in [4.78, 5) is 11.0. The van der Waals surface area contributed by atoms with Crippen LogP contribution in [0.2, 0.25) is 5.02 Å². The largest absolute Gasteiger partial charge is 0.491 e. The van der Waals surface area contributed by atoms with Crippen LogP contribution in [-0.4, -0.2) is 53.3 Å². The van der Waals surface area contributed by atoms with Gasteiger partial charge in [0.1, 0.15) is 18.5 Å². The molecule has 1 fully saturated rings. The maximum atomic E-state index is 11.0. The number of hydrogen-bond acceptors (Lipinski definition) is 6. The highest BCUT2D eigenvalue weighted by Gasteiger charge is 2.39. The summed E-state index contributed by atoms with van der Waals surface area (Å²) in [5.41, 5.74) is 0. The number of methoxy groups -OCH3 is 1. The predicted molar refractivity (Wildman–Crippen MR) is 115 cm³/mol. The summed E-state index contributed by atoms with van der Waals surface area (Å²) in [7, 11) is 1.34. The zero-order chi connectivity index (χ0) is 21.9. The Morgan fingerprint density at radius 3 is 2.77 bits per heavy atom. The van der Waals surface area contributed by atoms with Crippen molar-refractivity contribution in [3.8, 4) is 5.75 Å². The van der Waals surface area contributed by atoms with Crippen LogP contribution in [0.5, 0.6) is 5.75 Å². The molecule has 3 N–H and O–H groups in total. The van der Waals surface area contributed by atoms with E-state index >= 15 is 0 Å². The van der Waals surface area contributed by atoms with Gasteiger partial charge in [-0.25, -0.2) is 0 Å².